The smallest absolute Gasteiger partial charge is 0.233 e. The Balaban J connectivity index is 1.31. The molecule has 3 amide bonds. The van der Waals surface area contributed by atoms with E-state index in [4.69, 9.17) is 4.74 Å². The lowest BCUT2D eigenvalue weighted by Crippen LogP contribution is -2.29. The second-order valence-corrected chi connectivity index (χ2v) is 9.52. The minimum absolute atomic E-state index is 0.101. The third-order valence-electron chi connectivity index (χ3n) is 5.29. The molecule has 2 aliphatic rings. The Kier molecular flexibility index (Phi) is 6.71. The Morgan fingerprint density at radius 1 is 1.26 bits per heavy atom. The zero-order valence-corrected chi connectivity index (χ0v) is 18.7. The number of likely N-dealkylation sites (tertiary alicyclic amines) is 1. The third-order valence-corrected chi connectivity index (χ3v) is 7.24. The Morgan fingerprint density at radius 2 is 2.03 bits per heavy atom. The van der Waals surface area contributed by atoms with E-state index in [-0.39, 0.29) is 30.7 Å². The van der Waals surface area contributed by atoms with E-state index in [1.54, 1.807) is 24.1 Å². The fraction of sp³-hybridized carbons (Fsp3) is 0.450. The minimum Gasteiger partial charge on any atom is -0.495 e. The van der Waals surface area contributed by atoms with Crippen molar-refractivity contribution >= 4 is 51.6 Å². The largest absolute Gasteiger partial charge is 0.495 e. The van der Waals surface area contributed by atoms with Gasteiger partial charge in [0.25, 0.3) is 0 Å². The number of anilines is 2. The first-order valence-electron chi connectivity index (χ1n) is 10.0. The lowest BCUT2D eigenvalue weighted by atomic mass is 10.1. The highest BCUT2D eigenvalue weighted by Crippen LogP contribution is 2.33. The van der Waals surface area contributed by atoms with Gasteiger partial charge in [0.05, 0.1) is 24.5 Å². The molecule has 0 spiro atoms. The molecule has 1 aromatic carbocycles. The SMILES string of the molecule is COc1ccccc1N1C[C@@H](C(=O)Nc2nnc(SCC(=O)N3CCCC3)s2)CC1=O. The number of hydrogen-bond acceptors (Lipinski definition) is 8. The topological polar surface area (TPSA) is 105 Å². The van der Waals surface area contributed by atoms with Crippen LogP contribution in [0, 0.1) is 5.92 Å². The van der Waals surface area contributed by atoms with Gasteiger partial charge in [-0.3, -0.25) is 14.4 Å². The number of carbonyl (C=O) groups excluding carboxylic acids is 3. The molecule has 0 unspecified atom stereocenters. The molecule has 3 heterocycles. The highest BCUT2D eigenvalue weighted by Gasteiger charge is 2.36. The molecule has 1 aromatic heterocycles. The number of nitrogens with one attached hydrogen (secondary N) is 1. The van der Waals surface area contributed by atoms with E-state index in [1.165, 1.54) is 23.1 Å². The van der Waals surface area contributed by atoms with Gasteiger partial charge < -0.3 is 19.9 Å². The maximum Gasteiger partial charge on any atom is 0.233 e. The van der Waals surface area contributed by atoms with Crippen LogP contribution in [-0.2, 0) is 14.4 Å². The molecule has 0 saturated carbocycles. The van der Waals surface area contributed by atoms with E-state index in [0.717, 1.165) is 25.9 Å². The maximum atomic E-state index is 12.7. The Labute approximate surface area is 188 Å². The van der Waals surface area contributed by atoms with Crippen LogP contribution in [0.4, 0.5) is 10.8 Å². The predicted molar refractivity (Wildman–Crippen MR) is 119 cm³/mol. The molecule has 2 aliphatic heterocycles. The second kappa shape index (κ2) is 9.65. The van der Waals surface area contributed by atoms with E-state index in [2.05, 4.69) is 15.5 Å². The normalized spacial score (nSPS) is 18.5. The third kappa shape index (κ3) is 4.99. The summed E-state index contributed by atoms with van der Waals surface area (Å²) in [6.45, 7) is 1.92. The summed E-state index contributed by atoms with van der Waals surface area (Å²) in [6, 6.07) is 7.24. The molecule has 4 rings (SSSR count). The van der Waals surface area contributed by atoms with Crippen molar-refractivity contribution in [3.05, 3.63) is 24.3 Å². The van der Waals surface area contributed by atoms with Gasteiger partial charge >= 0.3 is 0 Å². The zero-order chi connectivity index (χ0) is 21.8. The number of methoxy groups -OCH3 is 1. The number of para-hydroxylation sites is 2. The molecule has 164 valence electrons. The number of thioether (sulfide) groups is 1. The van der Waals surface area contributed by atoms with Gasteiger partial charge in [-0.15, -0.1) is 10.2 Å². The van der Waals surface area contributed by atoms with E-state index in [9.17, 15) is 14.4 Å². The summed E-state index contributed by atoms with van der Waals surface area (Å²) in [5.41, 5.74) is 0.655. The van der Waals surface area contributed by atoms with Crippen molar-refractivity contribution in [3.8, 4) is 5.75 Å². The second-order valence-electron chi connectivity index (χ2n) is 7.32. The van der Waals surface area contributed by atoms with E-state index < -0.39 is 5.92 Å². The summed E-state index contributed by atoms with van der Waals surface area (Å²) >= 11 is 2.55. The summed E-state index contributed by atoms with van der Waals surface area (Å²) in [6.07, 6.45) is 2.24. The highest BCUT2D eigenvalue weighted by molar-refractivity contribution is 8.01. The van der Waals surface area contributed by atoms with Crippen LogP contribution in [0.3, 0.4) is 0 Å². The number of rotatable bonds is 7. The van der Waals surface area contributed by atoms with Crippen LogP contribution in [-0.4, -0.2) is 65.3 Å². The molecule has 2 fully saturated rings. The minimum atomic E-state index is -0.492. The van der Waals surface area contributed by atoms with Gasteiger partial charge in [0.15, 0.2) is 4.34 Å². The average Bonchev–Trinajstić information content (AvgIpc) is 3.53. The number of ether oxygens (including phenoxy) is 1. The van der Waals surface area contributed by atoms with Crippen molar-refractivity contribution < 1.29 is 19.1 Å². The summed E-state index contributed by atoms with van der Waals surface area (Å²) < 4.78 is 5.96. The van der Waals surface area contributed by atoms with Crippen LogP contribution in [0.5, 0.6) is 5.75 Å². The number of benzene rings is 1. The fourth-order valence-electron chi connectivity index (χ4n) is 3.68. The van der Waals surface area contributed by atoms with Crippen molar-refractivity contribution in [2.75, 3.05) is 42.7 Å². The number of nitrogens with zero attached hydrogens (tertiary/aromatic N) is 4. The van der Waals surface area contributed by atoms with E-state index >= 15 is 0 Å². The van der Waals surface area contributed by atoms with Gasteiger partial charge in [-0.1, -0.05) is 35.2 Å². The van der Waals surface area contributed by atoms with Gasteiger partial charge in [-0.25, -0.2) is 0 Å². The molecule has 0 radical (unpaired) electrons. The number of aromatic nitrogens is 2. The molecule has 1 N–H and O–H groups in total. The van der Waals surface area contributed by atoms with Crippen molar-refractivity contribution in [2.24, 2.45) is 5.92 Å². The molecule has 2 saturated heterocycles. The van der Waals surface area contributed by atoms with Gasteiger partial charge in [-0.05, 0) is 25.0 Å². The maximum absolute atomic E-state index is 12.7. The molecule has 31 heavy (non-hydrogen) atoms. The lowest BCUT2D eigenvalue weighted by Gasteiger charge is -2.19. The average molecular weight is 462 g/mol. The predicted octanol–water partition coefficient (Wildman–Crippen LogP) is 2.25. The molecule has 9 nitrogen and oxygen atoms in total. The van der Waals surface area contributed by atoms with Crippen LogP contribution >= 0.6 is 23.1 Å². The number of hydrogen-bond donors (Lipinski definition) is 1. The first-order valence-corrected chi connectivity index (χ1v) is 11.8. The van der Waals surface area contributed by atoms with Crippen molar-refractivity contribution in [1.82, 2.24) is 15.1 Å². The van der Waals surface area contributed by atoms with Gasteiger partial charge in [0.2, 0.25) is 22.9 Å². The first kappa shape index (κ1) is 21.6. The Hall–Kier alpha value is -2.66. The van der Waals surface area contributed by atoms with Crippen LogP contribution in [0.1, 0.15) is 19.3 Å². The summed E-state index contributed by atoms with van der Waals surface area (Å²) in [5, 5.41) is 11.2. The van der Waals surface area contributed by atoms with Crippen molar-refractivity contribution in [3.63, 3.8) is 0 Å². The lowest BCUT2D eigenvalue weighted by molar-refractivity contribution is -0.127. The summed E-state index contributed by atoms with van der Waals surface area (Å²) in [4.78, 5) is 40.8. The van der Waals surface area contributed by atoms with Gasteiger partial charge in [-0.2, -0.15) is 0 Å². The van der Waals surface area contributed by atoms with Crippen LogP contribution in [0.25, 0.3) is 0 Å². The monoisotopic (exact) mass is 461 g/mol. The number of amides is 3. The van der Waals surface area contributed by atoms with Gasteiger partial charge in [0, 0.05) is 26.1 Å². The fourth-order valence-corrected chi connectivity index (χ4v) is 5.33. The van der Waals surface area contributed by atoms with E-state index in [0.29, 0.717) is 26.7 Å². The standard InChI is InChI=1S/C20H23N5O4S2/c1-29-15-7-3-2-6-14(15)25-11-13(10-16(25)26)18(28)21-19-22-23-20(31-19)30-12-17(27)24-8-4-5-9-24/h2-3,6-7,13H,4-5,8-12H2,1H3,(H,21,22,28)/t13-/m0/s1. The zero-order valence-electron chi connectivity index (χ0n) is 17.1. The van der Waals surface area contributed by atoms with Crippen molar-refractivity contribution in [2.45, 2.75) is 23.6 Å². The molecule has 2 aromatic rings. The highest BCUT2D eigenvalue weighted by atomic mass is 32.2. The van der Waals surface area contributed by atoms with Gasteiger partial charge in [0.1, 0.15) is 5.75 Å². The Bertz CT molecular complexity index is 976. The van der Waals surface area contributed by atoms with Crippen molar-refractivity contribution in [1.29, 1.82) is 0 Å². The quantitative estimate of drug-likeness (QED) is 0.498. The molecule has 1 atom stereocenters. The Morgan fingerprint density at radius 3 is 2.81 bits per heavy atom. The van der Waals surface area contributed by atoms with Crippen LogP contribution in [0.2, 0.25) is 0 Å². The molecule has 0 bridgehead atoms. The summed E-state index contributed by atoms with van der Waals surface area (Å²) in [5.74, 6) is 0.114. The number of carbonyl (C=O) groups is 3. The molecule has 11 heteroatoms. The van der Waals surface area contributed by atoms with E-state index in [1.807, 2.05) is 17.0 Å². The molecule has 0 aliphatic carbocycles. The molecular formula is C20H23N5O4S2. The van der Waals surface area contributed by atoms with Crippen LogP contribution in [0.15, 0.2) is 28.6 Å². The molecular weight excluding hydrogens is 438 g/mol. The summed E-state index contributed by atoms with van der Waals surface area (Å²) in [7, 11) is 1.55. The first-order chi connectivity index (χ1) is 15.0. The van der Waals surface area contributed by atoms with Crippen LogP contribution < -0.4 is 15.0 Å².